The maximum Gasteiger partial charge on any atom is 0.123 e. The molecule has 3 aromatic rings. The molecule has 0 aliphatic carbocycles. The second-order valence-corrected chi connectivity index (χ2v) is 8.67. The average molecular weight is 423 g/mol. The van der Waals surface area contributed by atoms with Crippen molar-refractivity contribution in [2.75, 3.05) is 44.2 Å². The smallest absolute Gasteiger partial charge is 0.123 e. The van der Waals surface area contributed by atoms with Crippen LogP contribution in [0, 0.1) is 11.6 Å². The molecule has 2 fully saturated rings. The quantitative estimate of drug-likeness (QED) is 0.625. The van der Waals surface area contributed by atoms with E-state index in [0.29, 0.717) is 6.04 Å². The third kappa shape index (κ3) is 4.70. The van der Waals surface area contributed by atoms with Gasteiger partial charge in [0.25, 0.3) is 0 Å². The number of nitrogens with zero attached hydrogens (tertiary/aromatic N) is 4. The zero-order chi connectivity index (χ0) is 21.2. The number of likely N-dealkylation sites (tertiary alicyclic amines) is 1. The Morgan fingerprint density at radius 3 is 2.42 bits per heavy atom. The minimum atomic E-state index is -0.222. The summed E-state index contributed by atoms with van der Waals surface area (Å²) in [6, 6.07) is 16.2. The molecule has 0 amide bonds. The average Bonchev–Trinajstić information content (AvgIpc) is 2.80. The van der Waals surface area contributed by atoms with E-state index in [1.54, 1.807) is 6.07 Å². The highest BCUT2D eigenvalue weighted by atomic mass is 19.1. The normalized spacial score (nSPS) is 21.0. The van der Waals surface area contributed by atoms with Crippen molar-refractivity contribution in [3.8, 4) is 0 Å². The molecule has 1 unspecified atom stereocenters. The van der Waals surface area contributed by atoms with E-state index in [1.165, 1.54) is 37.1 Å². The van der Waals surface area contributed by atoms with Crippen LogP contribution in [0.2, 0.25) is 0 Å². The first-order chi connectivity index (χ1) is 15.1. The van der Waals surface area contributed by atoms with Crippen molar-refractivity contribution in [3.63, 3.8) is 0 Å². The van der Waals surface area contributed by atoms with E-state index in [0.717, 1.165) is 68.1 Å². The van der Waals surface area contributed by atoms with Crippen molar-refractivity contribution < 1.29 is 8.78 Å². The third-order valence-corrected chi connectivity index (χ3v) is 6.60. The van der Waals surface area contributed by atoms with Crippen molar-refractivity contribution in [1.29, 1.82) is 0 Å². The predicted octanol–water partition coefficient (Wildman–Crippen LogP) is 4.30. The second kappa shape index (κ2) is 8.89. The molecule has 1 aromatic heterocycles. The van der Waals surface area contributed by atoms with E-state index in [1.807, 2.05) is 24.3 Å². The molecule has 3 heterocycles. The van der Waals surface area contributed by atoms with Crippen LogP contribution in [0.1, 0.15) is 18.5 Å². The molecule has 0 spiro atoms. The molecule has 2 aliphatic rings. The number of benzene rings is 2. The molecule has 2 aliphatic heterocycles. The zero-order valence-electron chi connectivity index (χ0n) is 17.7. The first-order valence-corrected chi connectivity index (χ1v) is 11.2. The summed E-state index contributed by atoms with van der Waals surface area (Å²) in [7, 11) is 0. The Morgan fingerprint density at radius 2 is 1.61 bits per heavy atom. The fraction of sp³-hybridized carbons (Fsp3) is 0.400. The largest absolute Gasteiger partial charge is 0.369 e. The number of pyridine rings is 1. The van der Waals surface area contributed by atoms with Gasteiger partial charge in [-0.3, -0.25) is 14.8 Å². The summed E-state index contributed by atoms with van der Waals surface area (Å²) in [6.45, 7) is 7.01. The number of halogens is 2. The van der Waals surface area contributed by atoms with Crippen molar-refractivity contribution in [3.05, 3.63) is 71.9 Å². The monoisotopic (exact) mass is 422 g/mol. The van der Waals surface area contributed by atoms with Crippen LogP contribution in [0.25, 0.3) is 10.9 Å². The van der Waals surface area contributed by atoms with Gasteiger partial charge in [-0.15, -0.1) is 0 Å². The maximum atomic E-state index is 13.4. The number of anilines is 1. The molecule has 2 aromatic carbocycles. The Labute approximate surface area is 182 Å². The van der Waals surface area contributed by atoms with E-state index in [2.05, 4.69) is 14.7 Å². The van der Waals surface area contributed by atoms with E-state index < -0.39 is 0 Å². The van der Waals surface area contributed by atoms with Gasteiger partial charge in [0.2, 0.25) is 0 Å². The number of aromatic nitrogens is 1. The number of rotatable bonds is 4. The van der Waals surface area contributed by atoms with E-state index in [4.69, 9.17) is 4.98 Å². The molecule has 6 heteroatoms. The van der Waals surface area contributed by atoms with Crippen LogP contribution in [0.4, 0.5) is 14.5 Å². The SMILES string of the molecule is Fc1ccc(N2CCN(C3CCCN(Cc4ccc5cc(F)ccc5n4)C3)CC2)cc1. The van der Waals surface area contributed by atoms with E-state index in [-0.39, 0.29) is 11.6 Å². The summed E-state index contributed by atoms with van der Waals surface area (Å²) in [5.74, 6) is -0.404. The summed E-state index contributed by atoms with van der Waals surface area (Å²) < 4.78 is 26.6. The lowest BCUT2D eigenvalue weighted by Crippen LogP contribution is -2.55. The number of hydrogen-bond acceptors (Lipinski definition) is 4. The molecular formula is C25H28F2N4. The van der Waals surface area contributed by atoms with Gasteiger partial charge in [-0.2, -0.15) is 0 Å². The lowest BCUT2D eigenvalue weighted by atomic mass is 10.0. The first-order valence-electron chi connectivity index (χ1n) is 11.2. The van der Waals surface area contributed by atoms with Crippen LogP contribution >= 0.6 is 0 Å². The van der Waals surface area contributed by atoms with Gasteiger partial charge in [-0.25, -0.2) is 8.78 Å². The molecule has 0 N–H and O–H groups in total. The van der Waals surface area contributed by atoms with Gasteiger partial charge in [-0.05, 0) is 67.9 Å². The number of fused-ring (bicyclic) bond motifs is 1. The Morgan fingerprint density at radius 1 is 0.839 bits per heavy atom. The number of hydrogen-bond donors (Lipinski definition) is 0. The van der Waals surface area contributed by atoms with Crippen LogP contribution < -0.4 is 4.90 Å². The number of piperazine rings is 1. The Balaban J connectivity index is 1.18. The molecule has 2 saturated heterocycles. The molecule has 0 radical (unpaired) electrons. The summed E-state index contributed by atoms with van der Waals surface area (Å²) in [6.07, 6.45) is 2.43. The molecule has 31 heavy (non-hydrogen) atoms. The van der Waals surface area contributed by atoms with Gasteiger partial charge in [0, 0.05) is 56.4 Å². The van der Waals surface area contributed by atoms with Crippen LogP contribution in [-0.4, -0.2) is 60.1 Å². The number of piperidine rings is 1. The molecule has 0 bridgehead atoms. The zero-order valence-corrected chi connectivity index (χ0v) is 17.7. The van der Waals surface area contributed by atoms with Crippen LogP contribution in [0.3, 0.4) is 0 Å². The van der Waals surface area contributed by atoms with Crippen molar-refractivity contribution in [1.82, 2.24) is 14.8 Å². The minimum absolute atomic E-state index is 0.183. The Hall–Kier alpha value is -2.57. The summed E-state index contributed by atoms with van der Waals surface area (Å²) >= 11 is 0. The molecule has 1 atom stereocenters. The van der Waals surface area contributed by atoms with Gasteiger partial charge in [0.1, 0.15) is 11.6 Å². The van der Waals surface area contributed by atoms with Gasteiger partial charge in [-0.1, -0.05) is 6.07 Å². The molecule has 5 rings (SSSR count). The Kier molecular flexibility index (Phi) is 5.83. The second-order valence-electron chi connectivity index (χ2n) is 8.67. The third-order valence-electron chi connectivity index (χ3n) is 6.60. The fourth-order valence-electron chi connectivity index (χ4n) is 4.93. The first kappa shape index (κ1) is 20.3. The molecule has 4 nitrogen and oxygen atoms in total. The van der Waals surface area contributed by atoms with Gasteiger partial charge in [0.15, 0.2) is 0 Å². The lowest BCUT2D eigenvalue weighted by Gasteiger charge is -2.44. The maximum absolute atomic E-state index is 13.4. The summed E-state index contributed by atoms with van der Waals surface area (Å²) in [5, 5.41) is 0.847. The molecule has 0 saturated carbocycles. The molecule has 162 valence electrons. The van der Waals surface area contributed by atoms with Crippen LogP contribution in [0.15, 0.2) is 54.6 Å². The lowest BCUT2D eigenvalue weighted by molar-refractivity contribution is 0.0881. The van der Waals surface area contributed by atoms with Gasteiger partial charge in [0.05, 0.1) is 11.2 Å². The van der Waals surface area contributed by atoms with Crippen LogP contribution in [-0.2, 0) is 6.54 Å². The highest BCUT2D eigenvalue weighted by molar-refractivity contribution is 5.78. The van der Waals surface area contributed by atoms with Crippen LogP contribution in [0.5, 0.6) is 0 Å². The predicted molar refractivity (Wildman–Crippen MR) is 120 cm³/mol. The van der Waals surface area contributed by atoms with Crippen molar-refractivity contribution in [2.45, 2.75) is 25.4 Å². The highest BCUT2D eigenvalue weighted by Crippen LogP contribution is 2.23. The summed E-state index contributed by atoms with van der Waals surface area (Å²) in [4.78, 5) is 12.2. The van der Waals surface area contributed by atoms with Crippen molar-refractivity contribution >= 4 is 16.6 Å². The molecular weight excluding hydrogens is 394 g/mol. The van der Waals surface area contributed by atoms with E-state index >= 15 is 0 Å². The van der Waals surface area contributed by atoms with Crippen molar-refractivity contribution in [2.24, 2.45) is 0 Å². The summed E-state index contributed by atoms with van der Waals surface area (Å²) in [5.41, 5.74) is 3.00. The minimum Gasteiger partial charge on any atom is -0.369 e. The van der Waals surface area contributed by atoms with E-state index in [9.17, 15) is 8.78 Å². The Bertz CT molecular complexity index is 1030. The fourth-order valence-corrected chi connectivity index (χ4v) is 4.93. The highest BCUT2D eigenvalue weighted by Gasteiger charge is 2.28. The standard InChI is InChI=1S/C25H28F2N4/c26-20-4-8-23(9-5-20)30-12-14-31(15-13-30)24-2-1-11-29(18-24)17-22-7-3-19-16-21(27)6-10-25(19)28-22/h3-10,16,24H,1-2,11-15,17-18H2. The topological polar surface area (TPSA) is 22.6 Å². The van der Waals surface area contributed by atoms with Gasteiger partial charge < -0.3 is 4.90 Å². The van der Waals surface area contributed by atoms with Gasteiger partial charge >= 0.3 is 0 Å².